The van der Waals surface area contributed by atoms with E-state index in [0.717, 1.165) is 12.4 Å². The van der Waals surface area contributed by atoms with E-state index in [-0.39, 0.29) is 30.3 Å². The minimum absolute atomic E-state index is 0.0428. The second kappa shape index (κ2) is 7.27. The van der Waals surface area contributed by atoms with Crippen LogP contribution in [-0.4, -0.2) is 52.5 Å². The van der Waals surface area contributed by atoms with Crippen LogP contribution in [0, 0.1) is 18.2 Å². The van der Waals surface area contributed by atoms with Gasteiger partial charge in [0, 0.05) is 49.4 Å². The molecule has 1 spiro atoms. The van der Waals surface area contributed by atoms with Crippen LogP contribution >= 0.6 is 0 Å². The lowest BCUT2D eigenvalue weighted by molar-refractivity contribution is -0.153. The van der Waals surface area contributed by atoms with Crippen molar-refractivity contribution < 1.29 is 23.5 Å². The Labute approximate surface area is 173 Å². The molecule has 2 aromatic rings. The third-order valence-corrected chi connectivity index (χ3v) is 5.98. The van der Waals surface area contributed by atoms with Gasteiger partial charge in [0.2, 0.25) is 5.91 Å². The molecule has 1 aliphatic carbocycles. The van der Waals surface area contributed by atoms with E-state index < -0.39 is 17.2 Å². The van der Waals surface area contributed by atoms with Crippen molar-refractivity contribution in [3.63, 3.8) is 0 Å². The number of amides is 1. The number of benzene rings is 1. The standard InChI is InChI=1S/C22H22FN3O4/c1-12-4-14(21-24-8-15(23)9-25-21)5-18(30-3)19(12)20-16(28)6-22(7-17(20)29)10-26(11-22)13(2)27/h4-5,8-9,20H,6-7,10-11H2,1-3H3. The Morgan fingerprint density at radius 1 is 1.17 bits per heavy atom. The Bertz CT molecular complexity index is 1030. The summed E-state index contributed by atoms with van der Waals surface area (Å²) in [6, 6.07) is 3.44. The molecule has 30 heavy (non-hydrogen) atoms. The molecule has 2 heterocycles. The summed E-state index contributed by atoms with van der Waals surface area (Å²) < 4.78 is 18.7. The lowest BCUT2D eigenvalue weighted by Crippen LogP contribution is -2.61. The highest BCUT2D eigenvalue weighted by molar-refractivity contribution is 6.11. The number of ketones is 2. The van der Waals surface area contributed by atoms with Gasteiger partial charge in [-0.1, -0.05) is 0 Å². The summed E-state index contributed by atoms with van der Waals surface area (Å²) in [5, 5.41) is 0. The van der Waals surface area contributed by atoms with Gasteiger partial charge < -0.3 is 9.64 Å². The normalized spacial score (nSPS) is 18.5. The van der Waals surface area contributed by atoms with Crippen LogP contribution in [0.5, 0.6) is 5.75 Å². The molecule has 8 heteroatoms. The third-order valence-electron chi connectivity index (χ3n) is 5.98. The summed E-state index contributed by atoms with van der Waals surface area (Å²) in [5.41, 5.74) is 1.44. The van der Waals surface area contributed by atoms with Gasteiger partial charge >= 0.3 is 0 Å². The second-order valence-corrected chi connectivity index (χ2v) is 8.23. The molecule has 4 rings (SSSR count). The fraction of sp³-hybridized carbons (Fsp3) is 0.409. The highest BCUT2D eigenvalue weighted by Crippen LogP contribution is 2.47. The van der Waals surface area contributed by atoms with E-state index in [1.54, 1.807) is 24.0 Å². The van der Waals surface area contributed by atoms with E-state index in [4.69, 9.17) is 4.74 Å². The number of Topliss-reactive ketones (excluding diaryl/α,β-unsaturated/α-hetero) is 2. The monoisotopic (exact) mass is 411 g/mol. The first-order valence-electron chi connectivity index (χ1n) is 9.70. The van der Waals surface area contributed by atoms with Crippen LogP contribution < -0.4 is 4.74 Å². The zero-order valence-corrected chi connectivity index (χ0v) is 17.1. The fourth-order valence-corrected chi connectivity index (χ4v) is 4.61. The van der Waals surface area contributed by atoms with Gasteiger partial charge in [-0.3, -0.25) is 14.4 Å². The molecule has 1 saturated carbocycles. The molecule has 2 aliphatic rings. The minimum atomic E-state index is -0.889. The molecule has 1 amide bonds. The van der Waals surface area contributed by atoms with E-state index in [2.05, 4.69) is 9.97 Å². The van der Waals surface area contributed by atoms with Crippen LogP contribution in [0.2, 0.25) is 0 Å². The number of aromatic nitrogens is 2. The molecule has 0 bridgehead atoms. The van der Waals surface area contributed by atoms with Crippen LogP contribution in [0.15, 0.2) is 24.5 Å². The molecule has 1 saturated heterocycles. The molecule has 0 radical (unpaired) electrons. The number of methoxy groups -OCH3 is 1. The van der Waals surface area contributed by atoms with Crippen LogP contribution in [0.1, 0.15) is 36.8 Å². The van der Waals surface area contributed by atoms with Crippen LogP contribution in [0.4, 0.5) is 4.39 Å². The van der Waals surface area contributed by atoms with Crippen LogP contribution in [0.25, 0.3) is 11.4 Å². The number of hydrogen-bond donors (Lipinski definition) is 0. The number of likely N-dealkylation sites (tertiary alicyclic amines) is 1. The van der Waals surface area contributed by atoms with Gasteiger partial charge in [-0.2, -0.15) is 0 Å². The lowest BCUT2D eigenvalue weighted by atomic mass is 9.63. The number of nitrogens with zero attached hydrogens (tertiary/aromatic N) is 3. The molecule has 7 nitrogen and oxygen atoms in total. The smallest absolute Gasteiger partial charge is 0.219 e. The summed E-state index contributed by atoms with van der Waals surface area (Å²) >= 11 is 0. The maximum Gasteiger partial charge on any atom is 0.219 e. The van der Waals surface area contributed by atoms with Crippen molar-refractivity contribution in [2.45, 2.75) is 32.6 Å². The van der Waals surface area contributed by atoms with E-state index >= 15 is 0 Å². The number of rotatable bonds is 3. The molecule has 0 unspecified atom stereocenters. The summed E-state index contributed by atoms with van der Waals surface area (Å²) in [4.78, 5) is 47.3. The van der Waals surface area contributed by atoms with Crippen molar-refractivity contribution in [2.24, 2.45) is 5.41 Å². The van der Waals surface area contributed by atoms with E-state index in [9.17, 15) is 18.8 Å². The summed E-state index contributed by atoms with van der Waals surface area (Å²) in [6.45, 7) is 4.19. The molecule has 0 N–H and O–H groups in total. The Balaban J connectivity index is 1.65. The Hall–Kier alpha value is -3.16. The first-order chi connectivity index (χ1) is 14.2. The van der Waals surface area contributed by atoms with E-state index in [1.165, 1.54) is 14.0 Å². The molecule has 1 aromatic heterocycles. The average molecular weight is 411 g/mol. The predicted octanol–water partition coefficient (Wildman–Crippen LogP) is 2.46. The highest BCUT2D eigenvalue weighted by atomic mass is 19.1. The Morgan fingerprint density at radius 2 is 1.77 bits per heavy atom. The third kappa shape index (κ3) is 3.36. The van der Waals surface area contributed by atoms with Crippen LogP contribution in [-0.2, 0) is 14.4 Å². The fourth-order valence-electron chi connectivity index (χ4n) is 4.61. The lowest BCUT2D eigenvalue weighted by Gasteiger charge is -2.52. The highest BCUT2D eigenvalue weighted by Gasteiger charge is 2.53. The molecule has 0 atom stereocenters. The van der Waals surface area contributed by atoms with Gasteiger partial charge in [0.25, 0.3) is 0 Å². The number of carbonyl (C=O) groups excluding carboxylic acids is 3. The van der Waals surface area contributed by atoms with Gasteiger partial charge in [-0.15, -0.1) is 0 Å². The SMILES string of the molecule is COc1cc(-c2ncc(F)cn2)cc(C)c1C1C(=O)CC2(CC1=O)CN(C(C)=O)C2. The predicted molar refractivity (Wildman–Crippen MR) is 105 cm³/mol. The molecule has 1 aromatic carbocycles. The minimum Gasteiger partial charge on any atom is -0.496 e. The van der Waals surface area contributed by atoms with E-state index in [1.807, 2.05) is 0 Å². The molecular formula is C22H22FN3O4. The number of halogens is 1. The number of aryl methyl sites for hydroxylation is 1. The van der Waals surface area contributed by atoms with Crippen molar-refractivity contribution in [3.8, 4) is 17.1 Å². The van der Waals surface area contributed by atoms with Gasteiger partial charge in [-0.25, -0.2) is 14.4 Å². The van der Waals surface area contributed by atoms with Crippen molar-refractivity contribution in [1.29, 1.82) is 0 Å². The molecule has 1 aliphatic heterocycles. The van der Waals surface area contributed by atoms with Crippen molar-refractivity contribution in [3.05, 3.63) is 41.5 Å². The van der Waals surface area contributed by atoms with Gasteiger partial charge in [0.05, 0.1) is 19.5 Å². The first kappa shape index (κ1) is 20.1. The summed E-state index contributed by atoms with van der Waals surface area (Å²) in [5.74, 6) is -1.05. The zero-order chi connectivity index (χ0) is 21.6. The van der Waals surface area contributed by atoms with Gasteiger partial charge in [-0.05, 0) is 24.6 Å². The average Bonchev–Trinajstić information content (AvgIpc) is 2.66. The summed E-state index contributed by atoms with van der Waals surface area (Å²) in [6.07, 6.45) is 2.68. The maximum atomic E-state index is 13.1. The maximum absolute atomic E-state index is 13.1. The van der Waals surface area contributed by atoms with Crippen molar-refractivity contribution >= 4 is 17.5 Å². The molecular weight excluding hydrogens is 389 g/mol. The number of ether oxygens (including phenoxy) is 1. The van der Waals surface area contributed by atoms with Gasteiger partial charge in [0.1, 0.15) is 23.2 Å². The topological polar surface area (TPSA) is 89.5 Å². The largest absolute Gasteiger partial charge is 0.496 e. The van der Waals surface area contributed by atoms with Gasteiger partial charge in [0.15, 0.2) is 11.6 Å². The number of carbonyl (C=O) groups is 3. The quantitative estimate of drug-likeness (QED) is 0.721. The second-order valence-electron chi connectivity index (χ2n) is 8.23. The summed E-state index contributed by atoms with van der Waals surface area (Å²) in [7, 11) is 1.48. The molecule has 2 fully saturated rings. The first-order valence-corrected chi connectivity index (χ1v) is 9.70. The zero-order valence-electron chi connectivity index (χ0n) is 17.1. The van der Waals surface area contributed by atoms with Crippen LogP contribution in [0.3, 0.4) is 0 Å². The Morgan fingerprint density at radius 3 is 2.30 bits per heavy atom. The van der Waals surface area contributed by atoms with E-state index in [0.29, 0.717) is 41.4 Å². The Kier molecular flexibility index (Phi) is 4.88. The number of hydrogen-bond acceptors (Lipinski definition) is 6. The van der Waals surface area contributed by atoms with Crippen molar-refractivity contribution in [2.75, 3.05) is 20.2 Å². The van der Waals surface area contributed by atoms with Crippen molar-refractivity contribution in [1.82, 2.24) is 14.9 Å². The molecule has 156 valence electrons.